The normalized spacial score (nSPS) is 11.6. The van der Waals surface area contributed by atoms with Gasteiger partial charge in [-0.3, -0.25) is 9.48 Å². The third-order valence-electron chi connectivity index (χ3n) is 3.86. The largest absolute Gasteiger partial charge is 0.435 e. The van der Waals surface area contributed by atoms with E-state index in [9.17, 15) is 18.0 Å². The van der Waals surface area contributed by atoms with Gasteiger partial charge < -0.3 is 4.90 Å². The number of benzene rings is 1. The quantitative estimate of drug-likeness (QED) is 0.716. The molecule has 0 saturated carbocycles. The van der Waals surface area contributed by atoms with Gasteiger partial charge in [0.05, 0.1) is 5.69 Å². The molecule has 136 valence electrons. The summed E-state index contributed by atoms with van der Waals surface area (Å²) in [5.41, 5.74) is 0.512. The first-order chi connectivity index (χ1) is 12.3. The molecule has 0 saturated heterocycles. The summed E-state index contributed by atoms with van der Waals surface area (Å²) < 4.78 is 40.9. The van der Waals surface area contributed by atoms with E-state index in [2.05, 4.69) is 10.2 Å². The Kier molecular flexibility index (Phi) is 4.54. The van der Waals surface area contributed by atoms with Crippen LogP contribution in [0, 0.1) is 0 Å². The maximum absolute atomic E-state index is 12.7. The fraction of sp³-hybridized carbons (Fsp3) is 0.235. The molecule has 6 nitrogen and oxygen atoms in total. The van der Waals surface area contributed by atoms with Crippen LogP contribution < -0.4 is 0 Å². The molecule has 1 amide bonds. The van der Waals surface area contributed by atoms with Crippen molar-refractivity contribution in [2.75, 3.05) is 7.05 Å². The predicted octanol–water partition coefficient (Wildman–Crippen LogP) is 2.90. The lowest BCUT2D eigenvalue weighted by atomic mass is 10.2. The van der Waals surface area contributed by atoms with Crippen molar-refractivity contribution in [1.29, 1.82) is 0 Å². The van der Waals surface area contributed by atoms with Crippen LogP contribution in [0.25, 0.3) is 5.69 Å². The third-order valence-corrected chi connectivity index (χ3v) is 3.86. The molecule has 0 N–H and O–H groups in total. The standard InChI is InChI=1S/C17H16F3N5O/c1-23(16(26)14-10-15(17(18,19)20)22-24(14)2)11-12-4-6-13(7-5-12)25-9-3-8-21-25/h3-10H,11H2,1-2H3. The lowest BCUT2D eigenvalue weighted by Crippen LogP contribution is -2.28. The molecule has 0 aliphatic heterocycles. The molecule has 0 spiro atoms. The molecule has 1 aromatic carbocycles. The van der Waals surface area contributed by atoms with Crippen LogP contribution >= 0.6 is 0 Å². The Morgan fingerprint density at radius 1 is 1.23 bits per heavy atom. The van der Waals surface area contributed by atoms with Crippen molar-refractivity contribution in [1.82, 2.24) is 24.5 Å². The highest BCUT2D eigenvalue weighted by molar-refractivity contribution is 5.92. The summed E-state index contributed by atoms with van der Waals surface area (Å²) in [6.45, 7) is 0.255. The lowest BCUT2D eigenvalue weighted by Gasteiger charge is -2.17. The molecule has 0 fully saturated rings. The minimum absolute atomic E-state index is 0.118. The monoisotopic (exact) mass is 363 g/mol. The maximum atomic E-state index is 12.7. The molecule has 0 unspecified atom stereocenters. The highest BCUT2D eigenvalue weighted by Gasteiger charge is 2.35. The number of rotatable bonds is 4. The number of hydrogen-bond donors (Lipinski definition) is 0. The van der Waals surface area contributed by atoms with Crippen LogP contribution in [0.5, 0.6) is 0 Å². The van der Waals surface area contributed by atoms with Gasteiger partial charge in [-0.05, 0) is 23.8 Å². The van der Waals surface area contributed by atoms with Gasteiger partial charge in [0.25, 0.3) is 5.91 Å². The molecule has 0 aliphatic carbocycles. The predicted molar refractivity (Wildman–Crippen MR) is 87.6 cm³/mol. The van der Waals surface area contributed by atoms with Crippen molar-refractivity contribution in [2.24, 2.45) is 7.05 Å². The average Bonchev–Trinajstić information content (AvgIpc) is 3.24. The van der Waals surface area contributed by atoms with E-state index in [4.69, 9.17) is 0 Å². The van der Waals surface area contributed by atoms with Crippen LogP contribution in [0.15, 0.2) is 48.8 Å². The lowest BCUT2D eigenvalue weighted by molar-refractivity contribution is -0.141. The van der Waals surface area contributed by atoms with Crippen LogP contribution in [0.3, 0.4) is 0 Å². The van der Waals surface area contributed by atoms with Gasteiger partial charge in [-0.2, -0.15) is 23.4 Å². The van der Waals surface area contributed by atoms with Gasteiger partial charge in [-0.15, -0.1) is 0 Å². The molecule has 0 radical (unpaired) electrons. The van der Waals surface area contributed by atoms with Gasteiger partial charge in [0.15, 0.2) is 5.69 Å². The molecule has 0 bridgehead atoms. The molecule has 26 heavy (non-hydrogen) atoms. The van der Waals surface area contributed by atoms with Crippen molar-refractivity contribution in [2.45, 2.75) is 12.7 Å². The first-order valence-corrected chi connectivity index (χ1v) is 7.71. The summed E-state index contributed by atoms with van der Waals surface area (Å²) in [5.74, 6) is -0.536. The van der Waals surface area contributed by atoms with E-state index < -0.39 is 17.8 Å². The Hall–Kier alpha value is -3.10. The van der Waals surface area contributed by atoms with Gasteiger partial charge in [-0.1, -0.05) is 12.1 Å². The van der Waals surface area contributed by atoms with E-state index in [-0.39, 0.29) is 12.2 Å². The van der Waals surface area contributed by atoms with Gasteiger partial charge in [0.2, 0.25) is 0 Å². The van der Waals surface area contributed by atoms with E-state index in [1.807, 2.05) is 36.5 Å². The molecule has 0 aliphatic rings. The summed E-state index contributed by atoms with van der Waals surface area (Å²) in [6.07, 6.45) is -1.11. The zero-order valence-electron chi connectivity index (χ0n) is 14.1. The number of carbonyl (C=O) groups is 1. The highest BCUT2D eigenvalue weighted by atomic mass is 19.4. The Bertz CT molecular complexity index is 898. The van der Waals surface area contributed by atoms with E-state index in [0.29, 0.717) is 0 Å². The minimum Gasteiger partial charge on any atom is -0.336 e. The van der Waals surface area contributed by atoms with Crippen LogP contribution in [-0.2, 0) is 19.8 Å². The van der Waals surface area contributed by atoms with Crippen molar-refractivity contribution < 1.29 is 18.0 Å². The molecule has 3 rings (SSSR count). The second kappa shape index (κ2) is 6.66. The summed E-state index contributed by atoms with van der Waals surface area (Å²) in [7, 11) is 2.85. The zero-order chi connectivity index (χ0) is 18.9. The number of hydrogen-bond acceptors (Lipinski definition) is 3. The molecule has 0 atom stereocenters. The number of aromatic nitrogens is 4. The number of aryl methyl sites for hydroxylation is 1. The number of alkyl halides is 3. The SMILES string of the molecule is CN(Cc1ccc(-n2cccn2)cc1)C(=O)c1cc(C(F)(F)F)nn1C. The van der Waals surface area contributed by atoms with Gasteiger partial charge >= 0.3 is 6.18 Å². The molecular formula is C17H16F3N5O. The van der Waals surface area contributed by atoms with E-state index >= 15 is 0 Å². The maximum Gasteiger partial charge on any atom is 0.435 e. The number of carbonyl (C=O) groups excluding carboxylic acids is 1. The number of amides is 1. The third kappa shape index (κ3) is 3.61. The van der Waals surface area contributed by atoms with Gasteiger partial charge in [-0.25, -0.2) is 4.68 Å². The second-order valence-corrected chi connectivity index (χ2v) is 5.81. The van der Waals surface area contributed by atoms with Gasteiger partial charge in [0, 0.05) is 39.1 Å². The first kappa shape index (κ1) is 17.7. The van der Waals surface area contributed by atoms with Crippen molar-refractivity contribution in [3.63, 3.8) is 0 Å². The second-order valence-electron chi connectivity index (χ2n) is 5.81. The highest BCUT2D eigenvalue weighted by Crippen LogP contribution is 2.28. The molecular weight excluding hydrogens is 347 g/mol. The summed E-state index contributed by atoms with van der Waals surface area (Å²) in [5, 5.41) is 7.49. The fourth-order valence-electron chi connectivity index (χ4n) is 2.52. The minimum atomic E-state index is -4.59. The van der Waals surface area contributed by atoms with Crippen LogP contribution in [0.1, 0.15) is 21.7 Å². The topological polar surface area (TPSA) is 56.0 Å². The summed E-state index contributed by atoms with van der Waals surface area (Å²) in [4.78, 5) is 13.8. The molecule has 3 aromatic rings. The summed E-state index contributed by atoms with van der Waals surface area (Å²) in [6, 6.07) is 9.96. The summed E-state index contributed by atoms with van der Waals surface area (Å²) >= 11 is 0. The fourth-order valence-corrected chi connectivity index (χ4v) is 2.52. The number of nitrogens with zero attached hydrogens (tertiary/aromatic N) is 5. The van der Waals surface area contributed by atoms with Crippen LogP contribution in [0.4, 0.5) is 13.2 Å². The van der Waals surface area contributed by atoms with E-state index in [1.54, 1.807) is 10.9 Å². The van der Waals surface area contributed by atoms with Crippen LogP contribution in [-0.4, -0.2) is 37.4 Å². The molecule has 2 aromatic heterocycles. The molecule has 9 heteroatoms. The van der Waals surface area contributed by atoms with Crippen molar-refractivity contribution in [3.05, 3.63) is 65.7 Å². The van der Waals surface area contributed by atoms with E-state index in [0.717, 1.165) is 22.0 Å². The Morgan fingerprint density at radius 3 is 2.46 bits per heavy atom. The Labute approximate surface area is 147 Å². The Balaban J connectivity index is 1.72. The van der Waals surface area contributed by atoms with Gasteiger partial charge in [0.1, 0.15) is 5.69 Å². The number of halogens is 3. The average molecular weight is 363 g/mol. The Morgan fingerprint density at radius 2 is 1.92 bits per heavy atom. The van der Waals surface area contributed by atoms with Crippen molar-refractivity contribution >= 4 is 5.91 Å². The molecule has 2 heterocycles. The zero-order valence-corrected chi connectivity index (χ0v) is 14.1. The van der Waals surface area contributed by atoms with Crippen LogP contribution in [0.2, 0.25) is 0 Å². The smallest absolute Gasteiger partial charge is 0.336 e. The van der Waals surface area contributed by atoms with Crippen molar-refractivity contribution in [3.8, 4) is 5.69 Å². The first-order valence-electron chi connectivity index (χ1n) is 7.71. The van der Waals surface area contributed by atoms with E-state index in [1.165, 1.54) is 19.0 Å².